The number of halogens is 3. The Morgan fingerprint density at radius 3 is 2.26 bits per heavy atom. The molecule has 3 aromatic carbocycles. The van der Waals surface area contributed by atoms with E-state index in [0.29, 0.717) is 41.1 Å². The number of imidazole rings is 1. The Hall–Kier alpha value is -3.63. The van der Waals surface area contributed by atoms with Crippen molar-refractivity contribution in [1.29, 1.82) is 0 Å². The molecule has 6 nitrogen and oxygen atoms in total. The molecule has 1 heterocycles. The van der Waals surface area contributed by atoms with Gasteiger partial charge in [0.1, 0.15) is 17.5 Å². The van der Waals surface area contributed by atoms with Gasteiger partial charge in [0.2, 0.25) is 0 Å². The number of hydrogen-bond acceptors (Lipinski definition) is 6. The average Bonchev–Trinajstić information content (AvgIpc) is 3.30. The van der Waals surface area contributed by atoms with Crippen LogP contribution >= 0.6 is 11.8 Å². The van der Waals surface area contributed by atoms with Gasteiger partial charge in [-0.25, -0.2) is 18.2 Å². The van der Waals surface area contributed by atoms with Gasteiger partial charge in [-0.2, -0.15) is 0 Å². The first kappa shape index (κ1) is 28.4. The molecular weight excluding hydrogens is 525 g/mol. The summed E-state index contributed by atoms with van der Waals surface area (Å²) in [5.41, 5.74) is 8.10. The van der Waals surface area contributed by atoms with Crippen molar-refractivity contribution in [2.45, 2.75) is 30.2 Å². The van der Waals surface area contributed by atoms with Crippen LogP contribution in [0.3, 0.4) is 0 Å². The molecule has 0 aliphatic heterocycles. The first-order valence-corrected chi connectivity index (χ1v) is 13.5. The lowest BCUT2D eigenvalue weighted by Gasteiger charge is -2.21. The lowest BCUT2D eigenvalue weighted by molar-refractivity contribution is 0.355. The SMILES string of the molecule is COc1ccc(N(C)c2nc(SCc3c(F)cccc3F)n(-c3ccc(F)cc3)c2CCCCN)cc1OC. The minimum atomic E-state index is -0.617. The second-order valence-electron chi connectivity index (χ2n) is 8.81. The van der Waals surface area contributed by atoms with Crippen LogP contribution in [0.5, 0.6) is 11.5 Å². The van der Waals surface area contributed by atoms with Gasteiger partial charge < -0.3 is 20.1 Å². The molecule has 0 bridgehead atoms. The first-order valence-electron chi connectivity index (χ1n) is 12.5. The minimum absolute atomic E-state index is 0.0263. The monoisotopic (exact) mass is 556 g/mol. The highest BCUT2D eigenvalue weighted by Gasteiger charge is 2.24. The maximum atomic E-state index is 14.4. The van der Waals surface area contributed by atoms with E-state index in [4.69, 9.17) is 20.2 Å². The van der Waals surface area contributed by atoms with E-state index in [1.165, 1.54) is 42.1 Å². The Bertz CT molecular complexity index is 1390. The summed E-state index contributed by atoms with van der Waals surface area (Å²) < 4.78 is 55.5. The molecule has 1 aromatic heterocycles. The zero-order valence-electron chi connectivity index (χ0n) is 22.1. The number of nitrogens with two attached hydrogens (primary N) is 1. The van der Waals surface area contributed by atoms with Crippen LogP contribution in [0.15, 0.2) is 65.8 Å². The first-order chi connectivity index (χ1) is 18.9. The number of benzene rings is 3. The fourth-order valence-electron chi connectivity index (χ4n) is 4.27. The number of nitrogens with zero attached hydrogens (tertiary/aromatic N) is 3. The van der Waals surface area contributed by atoms with Crippen molar-refractivity contribution in [2.75, 3.05) is 32.7 Å². The molecule has 0 fully saturated rings. The number of methoxy groups -OCH3 is 2. The molecule has 0 saturated carbocycles. The maximum absolute atomic E-state index is 14.4. The second kappa shape index (κ2) is 12.9. The number of aromatic nitrogens is 2. The normalized spacial score (nSPS) is 11.1. The standard InChI is InChI=1S/C29H31F3N4O2S/c1-35(21-14-15-26(37-2)27(17-21)38-3)28-25(9-4-5-16-33)36(20-12-10-19(30)11-13-20)29(34-28)39-18-22-23(31)7-6-8-24(22)32/h6-8,10-15,17H,4-5,9,16,18,33H2,1-3H3. The Morgan fingerprint density at radius 1 is 0.923 bits per heavy atom. The zero-order valence-corrected chi connectivity index (χ0v) is 22.9. The second-order valence-corrected chi connectivity index (χ2v) is 9.75. The maximum Gasteiger partial charge on any atom is 0.175 e. The van der Waals surface area contributed by atoms with Crippen LogP contribution < -0.4 is 20.1 Å². The lowest BCUT2D eigenvalue weighted by Crippen LogP contribution is -2.14. The molecule has 0 spiro atoms. The van der Waals surface area contributed by atoms with E-state index in [1.807, 2.05) is 34.7 Å². The Morgan fingerprint density at radius 2 is 1.62 bits per heavy atom. The van der Waals surface area contributed by atoms with E-state index in [1.54, 1.807) is 26.4 Å². The molecule has 2 N–H and O–H groups in total. The topological polar surface area (TPSA) is 65.5 Å². The van der Waals surface area contributed by atoms with E-state index in [2.05, 4.69) is 0 Å². The van der Waals surface area contributed by atoms with Crippen molar-refractivity contribution >= 4 is 23.3 Å². The van der Waals surface area contributed by atoms with Gasteiger partial charge in [-0.05, 0) is 74.3 Å². The summed E-state index contributed by atoms with van der Waals surface area (Å²) in [5, 5.41) is 0.523. The highest BCUT2D eigenvalue weighted by atomic mass is 32.2. The minimum Gasteiger partial charge on any atom is -0.493 e. The number of ether oxygens (including phenoxy) is 2. The summed E-state index contributed by atoms with van der Waals surface area (Å²) in [6, 6.07) is 15.4. The van der Waals surface area contributed by atoms with Gasteiger partial charge in [0, 0.05) is 35.8 Å². The molecule has 0 radical (unpaired) electrons. The van der Waals surface area contributed by atoms with E-state index in [0.717, 1.165) is 24.2 Å². The van der Waals surface area contributed by atoms with Gasteiger partial charge in [-0.15, -0.1) is 0 Å². The Kier molecular flexibility index (Phi) is 9.42. The highest BCUT2D eigenvalue weighted by Crippen LogP contribution is 2.38. The van der Waals surface area contributed by atoms with Crippen LogP contribution in [0.1, 0.15) is 24.1 Å². The summed E-state index contributed by atoms with van der Waals surface area (Å²) in [5.74, 6) is 0.237. The fraction of sp³-hybridized carbons (Fsp3) is 0.276. The number of hydrogen-bond donors (Lipinski definition) is 1. The van der Waals surface area contributed by atoms with Crippen LogP contribution in [0.25, 0.3) is 5.69 Å². The van der Waals surface area contributed by atoms with Crippen molar-refractivity contribution in [2.24, 2.45) is 5.73 Å². The van der Waals surface area contributed by atoms with Gasteiger partial charge in [0.15, 0.2) is 22.5 Å². The summed E-state index contributed by atoms with van der Waals surface area (Å²) in [4.78, 5) is 6.87. The molecule has 0 aliphatic carbocycles. The van der Waals surface area contributed by atoms with Crippen molar-refractivity contribution in [3.05, 3.63) is 89.4 Å². The van der Waals surface area contributed by atoms with Crippen molar-refractivity contribution in [3.8, 4) is 17.2 Å². The molecule has 0 atom stereocenters. The van der Waals surface area contributed by atoms with Crippen molar-refractivity contribution < 1.29 is 22.6 Å². The van der Waals surface area contributed by atoms with E-state index in [9.17, 15) is 13.2 Å². The average molecular weight is 557 g/mol. The van der Waals surface area contributed by atoms with E-state index in [-0.39, 0.29) is 17.1 Å². The Labute approximate surface area is 230 Å². The van der Waals surface area contributed by atoms with Crippen LogP contribution in [0.4, 0.5) is 24.7 Å². The zero-order chi connectivity index (χ0) is 27.9. The highest BCUT2D eigenvalue weighted by molar-refractivity contribution is 7.98. The fourth-order valence-corrected chi connectivity index (χ4v) is 5.31. The van der Waals surface area contributed by atoms with Gasteiger partial charge in [0.25, 0.3) is 0 Å². The number of rotatable bonds is 12. The Balaban J connectivity index is 1.84. The van der Waals surface area contributed by atoms with Gasteiger partial charge in [-0.1, -0.05) is 17.8 Å². The molecular formula is C29H31F3N4O2S. The van der Waals surface area contributed by atoms with Crippen molar-refractivity contribution in [1.82, 2.24) is 9.55 Å². The van der Waals surface area contributed by atoms with Gasteiger partial charge in [0.05, 0.1) is 19.9 Å². The van der Waals surface area contributed by atoms with Gasteiger partial charge in [-0.3, -0.25) is 4.57 Å². The quantitative estimate of drug-likeness (QED) is 0.156. The predicted molar refractivity (Wildman–Crippen MR) is 149 cm³/mol. The molecule has 206 valence electrons. The number of unbranched alkanes of at least 4 members (excludes halogenated alkanes) is 1. The molecule has 10 heteroatoms. The smallest absolute Gasteiger partial charge is 0.175 e. The molecule has 0 aliphatic rings. The van der Waals surface area contributed by atoms with Crippen LogP contribution in [-0.2, 0) is 12.2 Å². The third-order valence-corrected chi connectivity index (χ3v) is 7.32. The van der Waals surface area contributed by atoms with Crippen molar-refractivity contribution in [3.63, 3.8) is 0 Å². The van der Waals surface area contributed by atoms with Gasteiger partial charge >= 0.3 is 0 Å². The molecule has 39 heavy (non-hydrogen) atoms. The van der Waals surface area contributed by atoms with Crippen LogP contribution in [0, 0.1) is 17.5 Å². The lowest BCUT2D eigenvalue weighted by atomic mass is 10.1. The summed E-state index contributed by atoms with van der Waals surface area (Å²) in [6.45, 7) is 0.541. The van der Waals surface area contributed by atoms with Crippen LogP contribution in [0.2, 0.25) is 0 Å². The predicted octanol–water partition coefficient (Wildman–Crippen LogP) is 6.65. The summed E-state index contributed by atoms with van der Waals surface area (Å²) in [6.07, 6.45) is 2.22. The van der Waals surface area contributed by atoms with Crippen LogP contribution in [-0.4, -0.2) is 37.4 Å². The summed E-state index contributed by atoms with van der Waals surface area (Å²) >= 11 is 1.21. The molecule has 4 rings (SSSR count). The summed E-state index contributed by atoms with van der Waals surface area (Å²) in [7, 11) is 5.03. The van der Waals surface area contributed by atoms with E-state index < -0.39 is 11.6 Å². The number of thioether (sulfide) groups is 1. The number of anilines is 2. The molecule has 4 aromatic rings. The molecule has 0 amide bonds. The third-order valence-electron chi connectivity index (χ3n) is 6.35. The van der Waals surface area contributed by atoms with E-state index >= 15 is 0 Å². The molecule has 0 saturated heterocycles. The third kappa shape index (κ3) is 6.34. The largest absolute Gasteiger partial charge is 0.493 e. The molecule has 0 unspecified atom stereocenters.